The van der Waals surface area contributed by atoms with Crippen molar-refractivity contribution in [2.75, 3.05) is 25.0 Å². The van der Waals surface area contributed by atoms with Crippen LogP contribution in [-0.2, 0) is 9.59 Å². The molecule has 2 N–H and O–H groups in total. The van der Waals surface area contributed by atoms with Crippen LogP contribution in [0.1, 0.15) is 13.8 Å². The third-order valence-corrected chi connectivity index (χ3v) is 3.71. The van der Waals surface area contributed by atoms with Crippen molar-refractivity contribution in [3.05, 3.63) is 34.4 Å². The van der Waals surface area contributed by atoms with Crippen LogP contribution in [0.4, 0.5) is 11.4 Å². The van der Waals surface area contributed by atoms with Crippen molar-refractivity contribution in [2.45, 2.75) is 19.9 Å². The Morgan fingerprint density at radius 2 is 2.17 bits per heavy atom. The van der Waals surface area contributed by atoms with Gasteiger partial charge in [0.2, 0.25) is 11.8 Å². The molecule has 1 aliphatic rings. The number of para-hydroxylation sites is 2. The van der Waals surface area contributed by atoms with E-state index in [-0.39, 0.29) is 41.7 Å². The van der Waals surface area contributed by atoms with Gasteiger partial charge in [0.1, 0.15) is 5.69 Å². The number of rotatable bonds is 5. The summed E-state index contributed by atoms with van der Waals surface area (Å²) in [7, 11) is 0. The van der Waals surface area contributed by atoms with Crippen molar-refractivity contribution in [1.29, 1.82) is 0 Å². The van der Waals surface area contributed by atoms with Gasteiger partial charge in [-0.3, -0.25) is 24.6 Å². The number of nitrogens with one attached hydrogen (secondary N) is 2. The van der Waals surface area contributed by atoms with Crippen molar-refractivity contribution >= 4 is 23.2 Å². The second kappa shape index (κ2) is 7.19. The highest BCUT2D eigenvalue weighted by molar-refractivity contribution is 5.95. The molecule has 0 bridgehead atoms. The zero-order valence-electron chi connectivity index (χ0n) is 13.1. The zero-order chi connectivity index (χ0) is 17.0. The molecule has 124 valence electrons. The van der Waals surface area contributed by atoms with Gasteiger partial charge in [-0.05, 0) is 12.0 Å². The normalized spacial score (nSPS) is 18.6. The number of hydrogen-bond donors (Lipinski definition) is 2. The molecule has 1 saturated heterocycles. The fraction of sp³-hybridized carbons (Fsp3) is 0.467. The summed E-state index contributed by atoms with van der Waals surface area (Å²) in [6.45, 7) is 4.91. The molecule has 0 aromatic heterocycles. The monoisotopic (exact) mass is 320 g/mol. The standard InChI is InChI=1S/C15H20N4O4/c1-10(2)14-15(21)16-7-8-18(14)9-13(20)17-11-5-3-4-6-12(11)19(22)23/h3-6,10,14H,7-9H2,1-2H3,(H,16,21)(H,17,20)/t14-/m1/s1. The van der Waals surface area contributed by atoms with E-state index >= 15 is 0 Å². The number of amides is 2. The second-order valence-electron chi connectivity index (χ2n) is 5.77. The van der Waals surface area contributed by atoms with Gasteiger partial charge in [-0.25, -0.2) is 0 Å². The third-order valence-electron chi connectivity index (χ3n) is 3.71. The third kappa shape index (κ3) is 4.04. The van der Waals surface area contributed by atoms with E-state index in [0.29, 0.717) is 13.1 Å². The maximum atomic E-state index is 12.2. The van der Waals surface area contributed by atoms with E-state index in [2.05, 4.69) is 10.6 Å². The minimum Gasteiger partial charge on any atom is -0.353 e. The van der Waals surface area contributed by atoms with E-state index in [9.17, 15) is 19.7 Å². The van der Waals surface area contributed by atoms with Crippen molar-refractivity contribution in [1.82, 2.24) is 10.2 Å². The van der Waals surface area contributed by atoms with Crippen LogP contribution in [0.5, 0.6) is 0 Å². The van der Waals surface area contributed by atoms with Crippen LogP contribution in [0.25, 0.3) is 0 Å². The predicted octanol–water partition coefficient (Wildman–Crippen LogP) is 0.990. The van der Waals surface area contributed by atoms with Crippen LogP contribution < -0.4 is 10.6 Å². The maximum Gasteiger partial charge on any atom is 0.292 e. The molecule has 2 rings (SSSR count). The Labute approximate surface area is 134 Å². The molecule has 1 aliphatic heterocycles. The molecule has 8 heteroatoms. The highest BCUT2D eigenvalue weighted by atomic mass is 16.6. The van der Waals surface area contributed by atoms with Gasteiger partial charge in [-0.2, -0.15) is 0 Å². The average Bonchev–Trinajstić information content (AvgIpc) is 2.47. The minimum absolute atomic E-state index is 0.0162. The van der Waals surface area contributed by atoms with Gasteiger partial charge in [-0.15, -0.1) is 0 Å². The lowest BCUT2D eigenvalue weighted by atomic mass is 9.99. The summed E-state index contributed by atoms with van der Waals surface area (Å²) >= 11 is 0. The highest BCUT2D eigenvalue weighted by Gasteiger charge is 2.33. The Hall–Kier alpha value is -2.48. The summed E-state index contributed by atoms with van der Waals surface area (Å²) in [4.78, 5) is 36.4. The first kappa shape index (κ1) is 16.9. The average molecular weight is 320 g/mol. The quantitative estimate of drug-likeness (QED) is 0.622. The molecule has 8 nitrogen and oxygen atoms in total. The molecule has 23 heavy (non-hydrogen) atoms. The van der Waals surface area contributed by atoms with Gasteiger partial charge in [0.25, 0.3) is 5.69 Å². The maximum absolute atomic E-state index is 12.2. The molecule has 1 atom stereocenters. The SMILES string of the molecule is CC(C)[C@@H]1C(=O)NCCN1CC(=O)Nc1ccccc1[N+](=O)[O-]. The lowest BCUT2D eigenvalue weighted by Crippen LogP contribution is -2.58. The zero-order valence-corrected chi connectivity index (χ0v) is 13.1. The Morgan fingerprint density at radius 3 is 2.83 bits per heavy atom. The molecule has 1 aromatic carbocycles. The van der Waals surface area contributed by atoms with E-state index < -0.39 is 4.92 Å². The van der Waals surface area contributed by atoms with Crippen LogP contribution in [0.3, 0.4) is 0 Å². The van der Waals surface area contributed by atoms with Crippen LogP contribution in [0.2, 0.25) is 0 Å². The Bertz CT molecular complexity index is 617. The van der Waals surface area contributed by atoms with Crippen molar-refractivity contribution in [2.24, 2.45) is 5.92 Å². The fourth-order valence-corrected chi connectivity index (χ4v) is 2.75. The summed E-state index contributed by atoms with van der Waals surface area (Å²) in [5, 5.41) is 16.3. The predicted molar refractivity (Wildman–Crippen MR) is 84.9 cm³/mol. The van der Waals surface area contributed by atoms with Gasteiger partial charge < -0.3 is 10.6 Å². The number of carbonyl (C=O) groups excluding carboxylic acids is 2. The Kier molecular flexibility index (Phi) is 5.28. The molecular weight excluding hydrogens is 300 g/mol. The van der Waals surface area contributed by atoms with E-state index in [4.69, 9.17) is 0 Å². The van der Waals surface area contributed by atoms with Crippen LogP contribution in [0.15, 0.2) is 24.3 Å². The number of piperazine rings is 1. The number of benzene rings is 1. The topological polar surface area (TPSA) is 105 Å². The van der Waals surface area contributed by atoms with E-state index in [1.807, 2.05) is 13.8 Å². The number of nitrogens with zero attached hydrogens (tertiary/aromatic N) is 2. The van der Waals surface area contributed by atoms with E-state index in [1.165, 1.54) is 18.2 Å². The van der Waals surface area contributed by atoms with Crippen molar-refractivity contribution < 1.29 is 14.5 Å². The Balaban J connectivity index is 2.07. The van der Waals surface area contributed by atoms with Crippen molar-refractivity contribution in [3.8, 4) is 0 Å². The largest absolute Gasteiger partial charge is 0.353 e. The lowest BCUT2D eigenvalue weighted by Gasteiger charge is -2.36. The van der Waals surface area contributed by atoms with Gasteiger partial charge in [-0.1, -0.05) is 26.0 Å². The van der Waals surface area contributed by atoms with Crippen LogP contribution in [0, 0.1) is 16.0 Å². The van der Waals surface area contributed by atoms with E-state index in [1.54, 1.807) is 11.0 Å². The molecule has 0 aliphatic carbocycles. The number of nitro benzene ring substituents is 1. The van der Waals surface area contributed by atoms with Crippen molar-refractivity contribution in [3.63, 3.8) is 0 Å². The first-order chi connectivity index (χ1) is 10.9. The highest BCUT2D eigenvalue weighted by Crippen LogP contribution is 2.23. The first-order valence-corrected chi connectivity index (χ1v) is 7.45. The van der Waals surface area contributed by atoms with Gasteiger partial charge in [0.15, 0.2) is 0 Å². The lowest BCUT2D eigenvalue weighted by molar-refractivity contribution is -0.383. The molecule has 0 saturated carbocycles. The van der Waals surface area contributed by atoms with Gasteiger partial charge in [0.05, 0.1) is 17.5 Å². The van der Waals surface area contributed by atoms with Crippen LogP contribution >= 0.6 is 0 Å². The summed E-state index contributed by atoms with van der Waals surface area (Å²) in [5.74, 6) is -0.404. The summed E-state index contributed by atoms with van der Waals surface area (Å²) < 4.78 is 0. The van der Waals surface area contributed by atoms with Crippen LogP contribution in [-0.4, -0.2) is 47.3 Å². The molecule has 0 unspecified atom stereocenters. The number of anilines is 1. The molecule has 2 amide bonds. The smallest absolute Gasteiger partial charge is 0.292 e. The summed E-state index contributed by atoms with van der Waals surface area (Å²) in [6.07, 6.45) is 0. The number of carbonyl (C=O) groups is 2. The summed E-state index contributed by atoms with van der Waals surface area (Å²) in [5.41, 5.74) is 0.00250. The molecule has 1 fully saturated rings. The Morgan fingerprint density at radius 1 is 1.48 bits per heavy atom. The van der Waals surface area contributed by atoms with Gasteiger partial charge in [0, 0.05) is 19.2 Å². The molecule has 0 spiro atoms. The van der Waals surface area contributed by atoms with E-state index in [0.717, 1.165) is 0 Å². The fourth-order valence-electron chi connectivity index (χ4n) is 2.75. The molecular formula is C15H20N4O4. The number of nitro groups is 1. The summed E-state index contributed by atoms with van der Waals surface area (Å²) in [6, 6.07) is 5.60. The van der Waals surface area contributed by atoms with Gasteiger partial charge >= 0.3 is 0 Å². The molecule has 1 heterocycles. The number of hydrogen-bond acceptors (Lipinski definition) is 5. The minimum atomic E-state index is -0.541. The first-order valence-electron chi connectivity index (χ1n) is 7.45. The molecule has 0 radical (unpaired) electrons. The molecule has 1 aromatic rings. The second-order valence-corrected chi connectivity index (χ2v) is 5.77.